The van der Waals surface area contributed by atoms with Crippen LogP contribution in [0.15, 0.2) is 18.2 Å². The number of hydrogen-bond acceptors (Lipinski definition) is 0. The fourth-order valence-corrected chi connectivity index (χ4v) is 1.18. The summed E-state index contributed by atoms with van der Waals surface area (Å²) in [5.74, 6) is 6.23. The largest absolute Gasteiger partial charge is 0.0979 e. The Kier molecular flexibility index (Phi) is 3.86. The SMILES string of the molecule is CCCC#Cc1cc(Cl)ccc1C. The standard InChI is InChI=1S/C12H13Cl/c1-3-4-5-6-11-9-12(13)8-7-10(11)2/h7-9H,3-4H2,1-2H3. The molecule has 0 saturated carbocycles. The second-order valence-corrected chi connectivity index (χ2v) is 3.45. The van der Waals surface area contributed by atoms with E-state index >= 15 is 0 Å². The van der Waals surface area contributed by atoms with E-state index in [4.69, 9.17) is 11.6 Å². The predicted octanol–water partition coefficient (Wildman–Crippen LogP) is 3.80. The molecular weight excluding hydrogens is 180 g/mol. The molecule has 0 aliphatic carbocycles. The molecule has 68 valence electrons. The van der Waals surface area contributed by atoms with Gasteiger partial charge in [-0.3, -0.25) is 0 Å². The lowest BCUT2D eigenvalue weighted by atomic mass is 10.1. The van der Waals surface area contributed by atoms with Gasteiger partial charge in [0.1, 0.15) is 0 Å². The van der Waals surface area contributed by atoms with E-state index < -0.39 is 0 Å². The molecule has 0 spiro atoms. The first-order chi connectivity index (χ1) is 6.24. The van der Waals surface area contributed by atoms with Crippen LogP contribution in [0.25, 0.3) is 0 Å². The van der Waals surface area contributed by atoms with Crippen LogP contribution >= 0.6 is 11.6 Å². The number of unbranched alkanes of at least 4 members (excludes halogenated alkanes) is 1. The lowest BCUT2D eigenvalue weighted by Gasteiger charge is -1.97. The molecule has 0 saturated heterocycles. The van der Waals surface area contributed by atoms with Crippen molar-refractivity contribution in [1.82, 2.24) is 0 Å². The topological polar surface area (TPSA) is 0 Å². The smallest absolute Gasteiger partial charge is 0.0418 e. The highest BCUT2D eigenvalue weighted by Gasteiger charge is 1.94. The van der Waals surface area contributed by atoms with Crippen molar-refractivity contribution in [1.29, 1.82) is 0 Å². The molecule has 0 heterocycles. The van der Waals surface area contributed by atoms with Gasteiger partial charge in [-0.05, 0) is 31.0 Å². The highest BCUT2D eigenvalue weighted by molar-refractivity contribution is 6.30. The van der Waals surface area contributed by atoms with Gasteiger partial charge < -0.3 is 0 Å². The van der Waals surface area contributed by atoms with Crippen molar-refractivity contribution in [2.24, 2.45) is 0 Å². The molecule has 13 heavy (non-hydrogen) atoms. The molecule has 0 nitrogen and oxygen atoms in total. The average molecular weight is 193 g/mol. The Bertz CT molecular complexity index is 342. The molecule has 0 atom stereocenters. The van der Waals surface area contributed by atoms with Crippen LogP contribution in [-0.4, -0.2) is 0 Å². The number of rotatable bonds is 1. The second-order valence-electron chi connectivity index (χ2n) is 3.01. The Labute approximate surface area is 84.9 Å². The van der Waals surface area contributed by atoms with Crippen molar-refractivity contribution in [2.45, 2.75) is 26.7 Å². The number of halogens is 1. The summed E-state index contributed by atoms with van der Waals surface area (Å²) < 4.78 is 0. The number of benzene rings is 1. The van der Waals surface area contributed by atoms with Gasteiger partial charge in [0.05, 0.1) is 0 Å². The van der Waals surface area contributed by atoms with Crippen molar-refractivity contribution in [2.75, 3.05) is 0 Å². The molecule has 0 unspecified atom stereocenters. The quantitative estimate of drug-likeness (QED) is 0.594. The third-order valence-electron chi connectivity index (χ3n) is 1.80. The van der Waals surface area contributed by atoms with Crippen molar-refractivity contribution < 1.29 is 0 Å². The van der Waals surface area contributed by atoms with Gasteiger partial charge in [0.2, 0.25) is 0 Å². The summed E-state index contributed by atoms with van der Waals surface area (Å²) in [6, 6.07) is 5.81. The molecule has 0 aliphatic heterocycles. The fraction of sp³-hybridized carbons (Fsp3) is 0.333. The van der Waals surface area contributed by atoms with Crippen LogP contribution in [0, 0.1) is 18.8 Å². The van der Waals surface area contributed by atoms with E-state index in [2.05, 4.69) is 18.8 Å². The lowest BCUT2D eigenvalue weighted by Crippen LogP contribution is -1.81. The summed E-state index contributed by atoms with van der Waals surface area (Å²) in [7, 11) is 0. The maximum atomic E-state index is 5.86. The van der Waals surface area contributed by atoms with Crippen molar-refractivity contribution in [3.8, 4) is 11.8 Å². The molecule has 0 amide bonds. The molecule has 1 aromatic carbocycles. The Morgan fingerprint density at radius 1 is 1.38 bits per heavy atom. The molecular formula is C12H13Cl. The van der Waals surface area contributed by atoms with Gasteiger partial charge in [0.25, 0.3) is 0 Å². The highest BCUT2D eigenvalue weighted by atomic mass is 35.5. The van der Waals surface area contributed by atoms with E-state index in [0.717, 1.165) is 23.4 Å². The molecule has 1 rings (SSSR count). The highest BCUT2D eigenvalue weighted by Crippen LogP contribution is 2.14. The van der Waals surface area contributed by atoms with E-state index in [1.165, 1.54) is 5.56 Å². The summed E-state index contributed by atoms with van der Waals surface area (Å²) >= 11 is 5.86. The maximum absolute atomic E-state index is 5.86. The Balaban J connectivity index is 2.89. The molecule has 1 aromatic rings. The van der Waals surface area contributed by atoms with E-state index in [0.29, 0.717) is 0 Å². The van der Waals surface area contributed by atoms with Crippen LogP contribution < -0.4 is 0 Å². The fourth-order valence-electron chi connectivity index (χ4n) is 1.01. The summed E-state index contributed by atoms with van der Waals surface area (Å²) in [5, 5.41) is 0.756. The van der Waals surface area contributed by atoms with Crippen LogP contribution in [0.2, 0.25) is 5.02 Å². The van der Waals surface area contributed by atoms with Crippen molar-refractivity contribution in [3.63, 3.8) is 0 Å². The maximum Gasteiger partial charge on any atom is 0.0418 e. The van der Waals surface area contributed by atoms with Gasteiger partial charge in [-0.1, -0.05) is 36.4 Å². The Hall–Kier alpha value is -0.930. The van der Waals surface area contributed by atoms with E-state index in [-0.39, 0.29) is 0 Å². The first-order valence-electron chi connectivity index (χ1n) is 4.49. The molecule has 1 heteroatoms. The third kappa shape index (κ3) is 3.13. The van der Waals surface area contributed by atoms with Crippen LogP contribution in [0.4, 0.5) is 0 Å². The number of hydrogen-bond donors (Lipinski definition) is 0. The zero-order valence-electron chi connectivity index (χ0n) is 8.02. The average Bonchev–Trinajstić information content (AvgIpc) is 2.11. The van der Waals surface area contributed by atoms with Crippen LogP contribution in [0.5, 0.6) is 0 Å². The van der Waals surface area contributed by atoms with Crippen molar-refractivity contribution in [3.05, 3.63) is 34.3 Å². The molecule has 0 bridgehead atoms. The summed E-state index contributed by atoms with van der Waals surface area (Å²) in [6.07, 6.45) is 2.05. The predicted molar refractivity (Wildman–Crippen MR) is 58.0 cm³/mol. The number of aryl methyl sites for hydroxylation is 1. The van der Waals surface area contributed by atoms with Gasteiger partial charge in [-0.15, -0.1) is 0 Å². The summed E-state index contributed by atoms with van der Waals surface area (Å²) in [4.78, 5) is 0. The zero-order chi connectivity index (χ0) is 9.68. The molecule has 0 aromatic heterocycles. The lowest BCUT2D eigenvalue weighted by molar-refractivity contribution is 0.983. The van der Waals surface area contributed by atoms with Crippen LogP contribution in [0.3, 0.4) is 0 Å². The minimum absolute atomic E-state index is 0.756. The van der Waals surface area contributed by atoms with Gasteiger partial charge >= 0.3 is 0 Å². The monoisotopic (exact) mass is 192 g/mol. The van der Waals surface area contributed by atoms with E-state index in [9.17, 15) is 0 Å². The van der Waals surface area contributed by atoms with Gasteiger partial charge in [0.15, 0.2) is 0 Å². The summed E-state index contributed by atoms with van der Waals surface area (Å²) in [5.41, 5.74) is 2.23. The van der Waals surface area contributed by atoms with Gasteiger partial charge in [-0.25, -0.2) is 0 Å². The second kappa shape index (κ2) is 4.94. The molecule has 0 N–H and O–H groups in total. The van der Waals surface area contributed by atoms with E-state index in [1.807, 2.05) is 25.1 Å². The first kappa shape index (κ1) is 10.2. The zero-order valence-corrected chi connectivity index (χ0v) is 8.78. The molecule has 0 fully saturated rings. The Morgan fingerprint density at radius 2 is 2.15 bits per heavy atom. The minimum Gasteiger partial charge on any atom is -0.0979 e. The van der Waals surface area contributed by atoms with Crippen LogP contribution in [-0.2, 0) is 0 Å². The van der Waals surface area contributed by atoms with Gasteiger partial charge in [-0.2, -0.15) is 0 Å². The molecule has 0 aliphatic rings. The van der Waals surface area contributed by atoms with E-state index in [1.54, 1.807) is 0 Å². The van der Waals surface area contributed by atoms with Gasteiger partial charge in [0, 0.05) is 17.0 Å². The normalized spacial score (nSPS) is 9.15. The Morgan fingerprint density at radius 3 is 2.85 bits per heavy atom. The first-order valence-corrected chi connectivity index (χ1v) is 4.87. The minimum atomic E-state index is 0.756. The molecule has 0 radical (unpaired) electrons. The summed E-state index contributed by atoms with van der Waals surface area (Å²) in [6.45, 7) is 4.17. The van der Waals surface area contributed by atoms with Crippen molar-refractivity contribution >= 4 is 11.6 Å². The van der Waals surface area contributed by atoms with Crippen LogP contribution in [0.1, 0.15) is 30.9 Å². The third-order valence-corrected chi connectivity index (χ3v) is 2.03.